The van der Waals surface area contributed by atoms with Crippen molar-refractivity contribution in [3.63, 3.8) is 0 Å². The molecule has 1 amide bonds. The van der Waals surface area contributed by atoms with Crippen LogP contribution < -0.4 is 5.32 Å². The molecule has 2 bridgehead atoms. The fraction of sp³-hybridized carbons (Fsp3) is 0.529. The molecular weight excluding hydrogens is 413 g/mol. The van der Waals surface area contributed by atoms with Crippen LogP contribution in [0.2, 0.25) is 0 Å². The summed E-state index contributed by atoms with van der Waals surface area (Å²) in [7, 11) is 0. The number of halogens is 4. The summed E-state index contributed by atoms with van der Waals surface area (Å²) < 4.78 is 40.1. The van der Waals surface area contributed by atoms with Crippen LogP contribution in [0.25, 0.3) is 10.9 Å². The Morgan fingerprint density at radius 1 is 1.31 bits per heavy atom. The van der Waals surface area contributed by atoms with Crippen LogP contribution in [0.1, 0.15) is 23.3 Å². The summed E-state index contributed by atoms with van der Waals surface area (Å²) in [5, 5.41) is 7.41. The maximum atomic E-state index is 12.9. The Morgan fingerprint density at radius 3 is 2.65 bits per heavy atom. The van der Waals surface area contributed by atoms with Gasteiger partial charge in [0, 0.05) is 22.4 Å². The van der Waals surface area contributed by atoms with E-state index in [2.05, 4.69) is 31.2 Å². The van der Waals surface area contributed by atoms with Crippen LogP contribution in [0.5, 0.6) is 0 Å². The average Bonchev–Trinajstić information content (AvgIpc) is 2.92. The summed E-state index contributed by atoms with van der Waals surface area (Å²) in [5.41, 5.74) is 0.339. The van der Waals surface area contributed by atoms with Crippen LogP contribution in [0, 0.1) is 5.92 Å². The molecule has 1 aromatic heterocycles. The van der Waals surface area contributed by atoms with Crippen LogP contribution >= 0.6 is 15.9 Å². The van der Waals surface area contributed by atoms with Crippen molar-refractivity contribution in [3.05, 3.63) is 28.4 Å². The molecule has 4 heterocycles. The van der Waals surface area contributed by atoms with Gasteiger partial charge in [0.05, 0.1) is 5.52 Å². The van der Waals surface area contributed by atoms with E-state index >= 15 is 0 Å². The molecule has 2 aromatic rings. The lowest BCUT2D eigenvalue weighted by Crippen LogP contribution is -2.57. The van der Waals surface area contributed by atoms with Crippen molar-refractivity contribution < 1.29 is 18.0 Å². The van der Waals surface area contributed by atoms with Gasteiger partial charge in [-0.1, -0.05) is 15.9 Å². The van der Waals surface area contributed by atoms with E-state index < -0.39 is 18.6 Å². The number of aromatic nitrogens is 2. The highest BCUT2D eigenvalue weighted by Gasteiger charge is 2.36. The summed E-state index contributed by atoms with van der Waals surface area (Å²) in [6.07, 6.45) is -2.32. The van der Waals surface area contributed by atoms with Crippen molar-refractivity contribution in [2.24, 2.45) is 5.92 Å². The Kier molecular flexibility index (Phi) is 4.46. The molecule has 0 radical (unpaired) electrons. The average molecular weight is 431 g/mol. The number of nitrogens with zero attached hydrogens (tertiary/aromatic N) is 3. The molecular formula is C17H18BrF3N4O. The molecule has 5 nitrogen and oxygen atoms in total. The summed E-state index contributed by atoms with van der Waals surface area (Å²) in [6.45, 7) is 1.67. The molecule has 9 heteroatoms. The van der Waals surface area contributed by atoms with E-state index in [0.29, 0.717) is 21.3 Å². The molecule has 5 rings (SSSR count). The maximum Gasteiger partial charge on any atom is 0.408 e. The Balaban J connectivity index is 1.64. The molecule has 0 saturated carbocycles. The molecule has 26 heavy (non-hydrogen) atoms. The Hall–Kier alpha value is -1.61. The van der Waals surface area contributed by atoms with Crippen LogP contribution in [0.3, 0.4) is 0 Å². The predicted octanol–water partition coefficient (Wildman–Crippen LogP) is 3.19. The van der Waals surface area contributed by atoms with E-state index in [1.807, 2.05) is 0 Å². The first-order chi connectivity index (χ1) is 12.3. The fourth-order valence-electron chi connectivity index (χ4n) is 3.97. The zero-order valence-corrected chi connectivity index (χ0v) is 15.5. The summed E-state index contributed by atoms with van der Waals surface area (Å²) in [6, 6.07) is 4.86. The van der Waals surface area contributed by atoms with Gasteiger partial charge in [0.15, 0.2) is 5.69 Å². The van der Waals surface area contributed by atoms with Gasteiger partial charge in [0.1, 0.15) is 6.54 Å². The van der Waals surface area contributed by atoms with E-state index in [1.165, 1.54) is 0 Å². The highest BCUT2D eigenvalue weighted by atomic mass is 79.9. The number of alkyl halides is 3. The van der Waals surface area contributed by atoms with E-state index in [1.54, 1.807) is 18.2 Å². The van der Waals surface area contributed by atoms with Crippen LogP contribution in [-0.4, -0.2) is 52.4 Å². The Bertz CT molecular complexity index is 842. The highest BCUT2D eigenvalue weighted by molar-refractivity contribution is 9.10. The smallest absolute Gasteiger partial charge is 0.346 e. The number of benzene rings is 1. The molecule has 3 aliphatic heterocycles. The minimum Gasteiger partial charge on any atom is -0.346 e. The van der Waals surface area contributed by atoms with Gasteiger partial charge in [-0.05, 0) is 50.0 Å². The van der Waals surface area contributed by atoms with Gasteiger partial charge in [-0.3, -0.25) is 9.48 Å². The molecule has 1 aromatic carbocycles. The Morgan fingerprint density at radius 2 is 2.04 bits per heavy atom. The minimum atomic E-state index is -4.41. The number of rotatable bonds is 3. The van der Waals surface area contributed by atoms with Crippen molar-refractivity contribution in [1.29, 1.82) is 0 Å². The second-order valence-corrected chi connectivity index (χ2v) is 7.92. The first-order valence-electron chi connectivity index (χ1n) is 8.56. The third-order valence-electron chi connectivity index (χ3n) is 5.23. The van der Waals surface area contributed by atoms with Gasteiger partial charge in [-0.25, -0.2) is 0 Å². The number of hydrogen-bond acceptors (Lipinski definition) is 3. The van der Waals surface area contributed by atoms with E-state index in [4.69, 9.17) is 0 Å². The third-order valence-corrected chi connectivity index (χ3v) is 5.72. The minimum absolute atomic E-state index is 0.0277. The lowest BCUT2D eigenvalue weighted by molar-refractivity contribution is -0.141. The molecule has 3 fully saturated rings. The van der Waals surface area contributed by atoms with Gasteiger partial charge in [-0.2, -0.15) is 18.3 Å². The van der Waals surface area contributed by atoms with E-state index in [9.17, 15) is 18.0 Å². The first-order valence-corrected chi connectivity index (χ1v) is 9.35. The van der Waals surface area contributed by atoms with Gasteiger partial charge in [-0.15, -0.1) is 0 Å². The number of hydrogen-bond donors (Lipinski definition) is 1. The fourth-order valence-corrected chi connectivity index (χ4v) is 4.34. The number of amides is 1. The van der Waals surface area contributed by atoms with E-state index in [0.717, 1.165) is 37.2 Å². The number of piperidine rings is 3. The van der Waals surface area contributed by atoms with Crippen molar-refractivity contribution in [3.8, 4) is 0 Å². The van der Waals surface area contributed by atoms with Gasteiger partial charge >= 0.3 is 6.18 Å². The van der Waals surface area contributed by atoms with Crippen LogP contribution in [0.4, 0.5) is 13.2 Å². The molecule has 0 unspecified atom stereocenters. The predicted molar refractivity (Wildman–Crippen MR) is 93.9 cm³/mol. The van der Waals surface area contributed by atoms with Crippen molar-refractivity contribution >= 4 is 32.7 Å². The van der Waals surface area contributed by atoms with Crippen LogP contribution in [0.15, 0.2) is 22.7 Å². The SMILES string of the molecule is O=C(N[C@@H]1CN2CCC1CC2)c1nn(CC(F)(F)F)c2ccc(Br)cc12. The van der Waals surface area contributed by atoms with Crippen molar-refractivity contribution in [2.75, 3.05) is 19.6 Å². The molecule has 1 N–H and O–H groups in total. The normalized spacial score (nSPS) is 25.6. The lowest BCUT2D eigenvalue weighted by Gasteiger charge is -2.44. The number of nitrogens with one attached hydrogen (secondary N) is 1. The summed E-state index contributed by atoms with van der Waals surface area (Å²) in [5.74, 6) is 0.0204. The highest BCUT2D eigenvalue weighted by Crippen LogP contribution is 2.29. The largest absolute Gasteiger partial charge is 0.408 e. The van der Waals surface area contributed by atoms with Crippen molar-refractivity contribution in [1.82, 2.24) is 20.0 Å². The zero-order chi connectivity index (χ0) is 18.5. The molecule has 3 aliphatic rings. The summed E-state index contributed by atoms with van der Waals surface area (Å²) in [4.78, 5) is 15.1. The lowest BCUT2D eigenvalue weighted by atomic mass is 9.84. The van der Waals surface area contributed by atoms with Crippen LogP contribution in [-0.2, 0) is 6.54 Å². The topological polar surface area (TPSA) is 50.2 Å². The summed E-state index contributed by atoms with van der Waals surface area (Å²) >= 11 is 3.31. The van der Waals surface area contributed by atoms with Gasteiger partial charge in [0.2, 0.25) is 0 Å². The zero-order valence-electron chi connectivity index (χ0n) is 13.9. The maximum absolute atomic E-state index is 12.9. The monoisotopic (exact) mass is 430 g/mol. The molecule has 140 valence electrons. The quantitative estimate of drug-likeness (QED) is 0.813. The molecule has 1 atom stereocenters. The van der Waals surface area contributed by atoms with Gasteiger partial charge in [0.25, 0.3) is 5.91 Å². The second kappa shape index (κ2) is 6.53. The molecule has 0 spiro atoms. The Labute approximate surface area is 156 Å². The standard InChI is InChI=1S/C17H18BrF3N4O/c18-11-1-2-14-12(7-11)15(23-25(14)9-17(19,20)21)16(26)22-13-8-24-5-3-10(13)4-6-24/h1-2,7,10,13H,3-6,8-9H2,(H,22,26)/t13-/m1/s1. The second-order valence-electron chi connectivity index (χ2n) is 7.00. The number of carbonyl (C=O) groups is 1. The number of fused-ring (bicyclic) bond motifs is 4. The number of carbonyl (C=O) groups excluding carboxylic acids is 1. The molecule has 3 saturated heterocycles. The third kappa shape index (κ3) is 3.46. The van der Waals surface area contributed by atoms with Crippen molar-refractivity contribution in [2.45, 2.75) is 31.6 Å². The first kappa shape index (κ1) is 17.8. The molecule has 0 aliphatic carbocycles. The van der Waals surface area contributed by atoms with Gasteiger partial charge < -0.3 is 10.2 Å². The van der Waals surface area contributed by atoms with E-state index in [-0.39, 0.29) is 11.7 Å².